The third kappa shape index (κ3) is 5.40. The van der Waals surface area contributed by atoms with Gasteiger partial charge in [-0.25, -0.2) is 4.79 Å². The lowest BCUT2D eigenvalue weighted by atomic mass is 9.33. The van der Waals surface area contributed by atoms with Gasteiger partial charge in [-0.05, 0) is 160 Å². The quantitative estimate of drug-likeness (QED) is 0.230. The van der Waals surface area contributed by atoms with Crippen molar-refractivity contribution in [1.29, 1.82) is 0 Å². The summed E-state index contributed by atoms with van der Waals surface area (Å²) >= 11 is 0. The smallest absolute Gasteiger partial charge is 0.317 e. The number of hydrogen-bond donors (Lipinski definition) is 1. The maximum Gasteiger partial charge on any atom is 0.317 e. The molecule has 6 aliphatic rings. The minimum atomic E-state index is -0.126. The fourth-order valence-corrected chi connectivity index (χ4v) is 14.1. The number of likely N-dealkylation sites (tertiary alicyclic amines) is 1. The van der Waals surface area contributed by atoms with E-state index in [2.05, 4.69) is 76.5 Å². The molecule has 7 rings (SSSR count). The number of carbonyl (C=O) groups excluding carboxylic acids is 2. The van der Waals surface area contributed by atoms with Gasteiger partial charge in [-0.15, -0.1) is 0 Å². The van der Waals surface area contributed by atoms with E-state index in [0.717, 1.165) is 44.3 Å². The van der Waals surface area contributed by atoms with Gasteiger partial charge in [-0.1, -0.05) is 77.1 Å². The molecule has 0 unspecified atom stereocenters. The van der Waals surface area contributed by atoms with Gasteiger partial charge in [-0.3, -0.25) is 4.79 Å². The van der Waals surface area contributed by atoms with Crippen LogP contribution in [0.2, 0.25) is 0 Å². The summed E-state index contributed by atoms with van der Waals surface area (Å²) in [7, 11) is 2.01. The molecule has 5 fully saturated rings. The Morgan fingerprint density at radius 3 is 2.24 bits per heavy atom. The first-order valence-electron chi connectivity index (χ1n) is 20.3. The summed E-state index contributed by atoms with van der Waals surface area (Å²) in [6, 6.07) is 8.54. The molecule has 1 N–H and O–H groups in total. The Hall–Kier alpha value is -2.40. The van der Waals surface area contributed by atoms with E-state index in [1.807, 2.05) is 24.1 Å². The Morgan fingerprint density at radius 1 is 0.880 bits per heavy atom. The highest BCUT2D eigenvalue weighted by atomic mass is 16.2. The molecule has 1 saturated heterocycles. The van der Waals surface area contributed by atoms with Gasteiger partial charge in [0.05, 0.1) is 0 Å². The molecule has 50 heavy (non-hydrogen) atoms. The van der Waals surface area contributed by atoms with E-state index in [-0.39, 0.29) is 39.0 Å². The molecule has 0 spiro atoms. The van der Waals surface area contributed by atoms with Crippen molar-refractivity contribution in [2.45, 2.75) is 125 Å². The second kappa shape index (κ2) is 12.6. The highest BCUT2D eigenvalue weighted by molar-refractivity contribution is 5.94. The molecular formula is C45H67N3O2. The average molecular weight is 682 g/mol. The van der Waals surface area contributed by atoms with Gasteiger partial charge in [0.1, 0.15) is 0 Å². The number of carbonyl (C=O) groups is 2. The molecule has 0 radical (unpaired) electrons. The molecule has 5 aliphatic carbocycles. The zero-order valence-electron chi connectivity index (χ0n) is 32.8. The van der Waals surface area contributed by atoms with Crippen LogP contribution in [0, 0.1) is 51.2 Å². The average Bonchev–Trinajstić information content (AvgIpc) is 3.72. The lowest BCUT2D eigenvalue weighted by Gasteiger charge is -2.72. The van der Waals surface area contributed by atoms with Crippen molar-refractivity contribution in [2.24, 2.45) is 51.2 Å². The first kappa shape index (κ1) is 36.0. The number of benzene rings is 1. The summed E-state index contributed by atoms with van der Waals surface area (Å²) in [4.78, 5) is 30.4. The number of amides is 2. The Kier molecular flexibility index (Phi) is 9.09. The van der Waals surface area contributed by atoms with Gasteiger partial charge in [0, 0.05) is 31.2 Å². The van der Waals surface area contributed by atoms with Crippen LogP contribution in [0.15, 0.2) is 42.5 Å². The topological polar surface area (TPSA) is 52.7 Å². The Morgan fingerprint density at radius 2 is 1.58 bits per heavy atom. The van der Waals surface area contributed by atoms with Gasteiger partial charge in [0.25, 0.3) is 0 Å². The fourth-order valence-electron chi connectivity index (χ4n) is 14.1. The second-order valence-electron chi connectivity index (χ2n) is 19.4. The number of likely N-dealkylation sites (N-methyl/N-ethyl adjacent to an activating group) is 1. The fraction of sp³-hybridized carbons (Fsp3) is 0.733. The largest absolute Gasteiger partial charge is 0.332 e. The van der Waals surface area contributed by atoms with Gasteiger partial charge < -0.3 is 15.1 Å². The molecule has 0 bridgehead atoms. The summed E-state index contributed by atoms with van der Waals surface area (Å²) in [5.41, 5.74) is 5.55. The standard InChI is InChI=1S/C45H67N3O2/c1-30(2)34-18-23-45(46-40(50)47(9)28-29-48-26-10-11-27-48)25-24-43(7)36(39(34)45)16-17-38-42(6)21-19-35(33-14-12-32(13-15-33)31(3)49)41(4,5)37(42)20-22-44(38,43)8/h12-15,19,34,36-39H,1,10-11,16-18,20-29H2,2-9H3,(H,46,50)/t34-,36+,37-,38+,39+,42-,43+,44+,45-/m0/s1. The summed E-state index contributed by atoms with van der Waals surface area (Å²) in [6.07, 6.45) is 15.9. The van der Waals surface area contributed by atoms with Crippen LogP contribution in [0.25, 0.3) is 5.57 Å². The summed E-state index contributed by atoms with van der Waals surface area (Å²) in [6.45, 7) is 25.7. The SMILES string of the molecule is C=C(C)[C@@H]1CC[C@]2(NC(=O)N(C)CCN3CCCC3)CC[C@]3(C)[C@H](CC[C@@H]4[C@@]5(C)CC=C(c6ccc(C(C)=O)cc6)C(C)(C)[C@@H]5CC[C@]43C)[C@@H]12. The summed E-state index contributed by atoms with van der Waals surface area (Å²) in [5.74, 6) is 2.97. The Labute approximate surface area is 304 Å². The highest BCUT2D eigenvalue weighted by Gasteiger charge is 2.70. The number of allylic oxidation sites excluding steroid dienone is 3. The van der Waals surface area contributed by atoms with Gasteiger partial charge in [0.2, 0.25) is 0 Å². The van der Waals surface area contributed by atoms with Crippen LogP contribution in [0.1, 0.15) is 135 Å². The van der Waals surface area contributed by atoms with Gasteiger partial charge in [-0.2, -0.15) is 0 Å². The first-order valence-corrected chi connectivity index (χ1v) is 20.3. The van der Waals surface area contributed by atoms with Crippen molar-refractivity contribution in [2.75, 3.05) is 33.2 Å². The molecule has 1 aromatic carbocycles. The zero-order chi connectivity index (χ0) is 35.9. The van der Waals surface area contributed by atoms with Crippen LogP contribution in [0.3, 0.4) is 0 Å². The molecule has 5 heteroatoms. The second-order valence-corrected chi connectivity index (χ2v) is 19.4. The van der Waals surface area contributed by atoms with E-state index in [1.165, 1.54) is 74.7 Å². The molecular weight excluding hydrogens is 615 g/mol. The molecule has 0 aromatic heterocycles. The number of ketones is 1. The monoisotopic (exact) mass is 682 g/mol. The van der Waals surface area contributed by atoms with Crippen LogP contribution in [-0.2, 0) is 0 Å². The maximum atomic E-state index is 14.0. The van der Waals surface area contributed by atoms with Gasteiger partial charge >= 0.3 is 6.03 Å². The Balaban J connectivity index is 1.16. The molecule has 274 valence electrons. The molecule has 2 amide bonds. The molecule has 1 heterocycles. The molecule has 5 nitrogen and oxygen atoms in total. The number of nitrogens with zero attached hydrogens (tertiary/aromatic N) is 2. The third-order valence-corrected chi connectivity index (χ3v) is 16.9. The first-order chi connectivity index (χ1) is 23.6. The number of urea groups is 1. The van der Waals surface area contributed by atoms with Crippen LogP contribution in [0.5, 0.6) is 0 Å². The van der Waals surface area contributed by atoms with Crippen molar-refractivity contribution >= 4 is 17.4 Å². The van der Waals surface area contributed by atoms with E-state index in [4.69, 9.17) is 0 Å². The number of hydrogen-bond acceptors (Lipinski definition) is 3. The van der Waals surface area contributed by atoms with Crippen molar-refractivity contribution < 1.29 is 9.59 Å². The van der Waals surface area contributed by atoms with Crippen LogP contribution >= 0.6 is 0 Å². The van der Waals surface area contributed by atoms with E-state index in [9.17, 15) is 9.59 Å². The Bertz CT molecular complexity index is 1540. The third-order valence-electron chi connectivity index (χ3n) is 16.9. The lowest BCUT2D eigenvalue weighted by Crippen LogP contribution is -2.68. The van der Waals surface area contributed by atoms with Crippen LogP contribution < -0.4 is 5.32 Å². The van der Waals surface area contributed by atoms with E-state index >= 15 is 0 Å². The van der Waals surface area contributed by atoms with Crippen molar-refractivity contribution in [3.8, 4) is 0 Å². The van der Waals surface area contributed by atoms with E-state index in [1.54, 1.807) is 6.92 Å². The maximum absolute atomic E-state index is 14.0. The molecule has 1 aromatic rings. The minimum absolute atomic E-state index is 0.0626. The molecule has 9 atom stereocenters. The summed E-state index contributed by atoms with van der Waals surface area (Å²) in [5, 5.41) is 3.78. The van der Waals surface area contributed by atoms with E-state index in [0.29, 0.717) is 29.6 Å². The molecule has 4 saturated carbocycles. The van der Waals surface area contributed by atoms with Crippen LogP contribution in [-0.4, -0.2) is 60.4 Å². The van der Waals surface area contributed by atoms with Crippen molar-refractivity contribution in [1.82, 2.24) is 15.1 Å². The minimum Gasteiger partial charge on any atom is -0.332 e. The number of rotatable bonds is 7. The normalized spacial score (nSPS) is 40.5. The van der Waals surface area contributed by atoms with Crippen LogP contribution in [0.4, 0.5) is 4.79 Å². The van der Waals surface area contributed by atoms with Gasteiger partial charge in [0.15, 0.2) is 5.78 Å². The van der Waals surface area contributed by atoms with Crippen molar-refractivity contribution in [3.05, 3.63) is 53.6 Å². The predicted octanol–water partition coefficient (Wildman–Crippen LogP) is 10.0. The number of fused-ring (bicyclic) bond motifs is 7. The highest BCUT2D eigenvalue weighted by Crippen LogP contribution is 2.76. The predicted molar refractivity (Wildman–Crippen MR) is 206 cm³/mol. The molecule has 1 aliphatic heterocycles. The van der Waals surface area contributed by atoms with E-state index < -0.39 is 0 Å². The lowest BCUT2D eigenvalue weighted by molar-refractivity contribution is -0.218. The number of nitrogens with one attached hydrogen (secondary N) is 1. The summed E-state index contributed by atoms with van der Waals surface area (Å²) < 4.78 is 0. The number of Topliss-reactive ketones (excluding diaryl/α,β-unsaturated/α-hetero) is 1. The van der Waals surface area contributed by atoms with Crippen molar-refractivity contribution in [3.63, 3.8) is 0 Å². The zero-order valence-corrected chi connectivity index (χ0v) is 32.8.